The second-order valence-corrected chi connectivity index (χ2v) is 5.27. The van der Waals surface area contributed by atoms with Crippen LogP contribution in [-0.4, -0.2) is 34.7 Å². The maximum Gasteiger partial charge on any atom is 0.411 e. The predicted octanol–water partition coefficient (Wildman–Crippen LogP) is 3.11. The number of carbonyl (C=O) groups is 1. The Hall–Kier alpha value is -3.48. The largest absolute Gasteiger partial charge is 0.496 e. The number of ether oxygens (including phenoxy) is 2. The smallest absolute Gasteiger partial charge is 0.411 e. The first-order chi connectivity index (χ1) is 12.1. The standard InChI is InChI=1S/C18H17N3O4/c1-24-16-11-13(25-12-7-9-21(10-8-12)18(22)23)5-6-14(16)15-3-2-4-17(19)20-15/h2-9,11H,10H2,1H3,(H2,19,20)(H,22,23). The van der Waals surface area contributed by atoms with Crippen LogP contribution < -0.4 is 15.2 Å². The zero-order valence-electron chi connectivity index (χ0n) is 13.5. The fraction of sp³-hybridized carbons (Fsp3) is 0.111. The minimum absolute atomic E-state index is 0.240. The van der Waals surface area contributed by atoms with Gasteiger partial charge in [0.05, 0.1) is 19.3 Å². The lowest BCUT2D eigenvalue weighted by molar-refractivity contribution is 0.165. The molecule has 25 heavy (non-hydrogen) atoms. The monoisotopic (exact) mass is 339 g/mol. The molecule has 0 unspecified atom stereocenters. The van der Waals surface area contributed by atoms with E-state index in [1.807, 2.05) is 18.2 Å². The number of nitrogens with zero attached hydrogens (tertiary/aromatic N) is 2. The summed E-state index contributed by atoms with van der Waals surface area (Å²) in [6.07, 6.45) is 3.73. The highest BCUT2D eigenvalue weighted by molar-refractivity contribution is 5.69. The maximum absolute atomic E-state index is 10.9. The predicted molar refractivity (Wildman–Crippen MR) is 93.2 cm³/mol. The Balaban J connectivity index is 1.81. The van der Waals surface area contributed by atoms with Crippen LogP contribution in [-0.2, 0) is 0 Å². The number of pyridine rings is 1. The molecule has 0 spiro atoms. The van der Waals surface area contributed by atoms with E-state index in [-0.39, 0.29) is 6.54 Å². The number of amides is 1. The van der Waals surface area contributed by atoms with Gasteiger partial charge in [-0.15, -0.1) is 0 Å². The van der Waals surface area contributed by atoms with Gasteiger partial charge in [0, 0.05) is 17.8 Å². The van der Waals surface area contributed by atoms with Gasteiger partial charge in [-0.3, -0.25) is 4.90 Å². The molecule has 1 aliphatic heterocycles. The first-order valence-corrected chi connectivity index (χ1v) is 7.53. The molecule has 2 aromatic rings. The summed E-state index contributed by atoms with van der Waals surface area (Å²) >= 11 is 0. The van der Waals surface area contributed by atoms with Crippen LogP contribution in [0.2, 0.25) is 0 Å². The van der Waals surface area contributed by atoms with Crippen LogP contribution >= 0.6 is 0 Å². The highest BCUT2D eigenvalue weighted by Gasteiger charge is 2.13. The molecular weight excluding hydrogens is 322 g/mol. The van der Waals surface area contributed by atoms with Crippen LogP contribution in [0.1, 0.15) is 0 Å². The second-order valence-electron chi connectivity index (χ2n) is 5.27. The van der Waals surface area contributed by atoms with Crippen LogP contribution in [0.4, 0.5) is 10.6 Å². The van der Waals surface area contributed by atoms with Gasteiger partial charge in [-0.05, 0) is 36.4 Å². The normalized spacial score (nSPS) is 13.3. The van der Waals surface area contributed by atoms with Crippen molar-refractivity contribution < 1.29 is 19.4 Å². The number of benzene rings is 1. The van der Waals surface area contributed by atoms with Crippen molar-refractivity contribution in [2.45, 2.75) is 0 Å². The van der Waals surface area contributed by atoms with Gasteiger partial charge in [-0.1, -0.05) is 6.07 Å². The van der Waals surface area contributed by atoms with E-state index < -0.39 is 6.09 Å². The Labute approximate surface area is 144 Å². The molecule has 0 radical (unpaired) electrons. The van der Waals surface area contributed by atoms with Gasteiger partial charge in [0.1, 0.15) is 23.1 Å². The average molecular weight is 339 g/mol. The van der Waals surface area contributed by atoms with Crippen LogP contribution in [0.5, 0.6) is 11.5 Å². The number of nitrogens with two attached hydrogens (primary N) is 1. The summed E-state index contributed by atoms with van der Waals surface area (Å²) in [5.74, 6) is 2.17. The molecule has 3 rings (SSSR count). The first kappa shape index (κ1) is 16.4. The van der Waals surface area contributed by atoms with E-state index in [0.717, 1.165) is 10.5 Å². The molecule has 0 atom stereocenters. The quantitative estimate of drug-likeness (QED) is 0.888. The lowest BCUT2D eigenvalue weighted by Crippen LogP contribution is -2.26. The summed E-state index contributed by atoms with van der Waals surface area (Å²) in [5.41, 5.74) is 7.24. The molecule has 1 aromatic heterocycles. The number of rotatable bonds is 4. The molecule has 1 aliphatic rings. The highest BCUT2D eigenvalue weighted by atomic mass is 16.5. The van der Waals surface area contributed by atoms with Crippen molar-refractivity contribution in [1.29, 1.82) is 0 Å². The number of nitrogen functional groups attached to an aromatic ring is 1. The van der Waals surface area contributed by atoms with Gasteiger partial charge in [0.2, 0.25) is 0 Å². The molecule has 0 saturated carbocycles. The summed E-state index contributed by atoms with van der Waals surface area (Å²) in [4.78, 5) is 16.3. The van der Waals surface area contributed by atoms with E-state index in [0.29, 0.717) is 28.8 Å². The van der Waals surface area contributed by atoms with Crippen molar-refractivity contribution in [3.05, 3.63) is 60.5 Å². The number of hydrogen-bond donors (Lipinski definition) is 2. The van der Waals surface area contributed by atoms with Gasteiger partial charge < -0.3 is 20.3 Å². The van der Waals surface area contributed by atoms with Crippen molar-refractivity contribution in [2.75, 3.05) is 19.4 Å². The third-order valence-corrected chi connectivity index (χ3v) is 3.61. The van der Waals surface area contributed by atoms with Gasteiger partial charge in [-0.25, -0.2) is 9.78 Å². The molecule has 7 nitrogen and oxygen atoms in total. The molecule has 2 heterocycles. The molecule has 3 N–H and O–H groups in total. The van der Waals surface area contributed by atoms with Crippen molar-refractivity contribution in [3.63, 3.8) is 0 Å². The Kier molecular flexibility index (Phi) is 4.56. The van der Waals surface area contributed by atoms with Gasteiger partial charge in [-0.2, -0.15) is 0 Å². The Morgan fingerprint density at radius 3 is 2.80 bits per heavy atom. The van der Waals surface area contributed by atoms with Crippen LogP contribution in [0, 0.1) is 0 Å². The molecule has 1 amide bonds. The molecule has 0 aliphatic carbocycles. The fourth-order valence-electron chi connectivity index (χ4n) is 2.38. The van der Waals surface area contributed by atoms with Gasteiger partial charge >= 0.3 is 6.09 Å². The number of methoxy groups -OCH3 is 1. The molecule has 0 fully saturated rings. The minimum atomic E-state index is -1.01. The van der Waals surface area contributed by atoms with Gasteiger partial charge in [0.15, 0.2) is 0 Å². The number of allylic oxidation sites excluding steroid dienone is 1. The highest BCUT2D eigenvalue weighted by Crippen LogP contribution is 2.33. The van der Waals surface area contributed by atoms with Crippen LogP contribution in [0.3, 0.4) is 0 Å². The van der Waals surface area contributed by atoms with E-state index in [9.17, 15) is 4.79 Å². The van der Waals surface area contributed by atoms with Crippen molar-refractivity contribution in [3.8, 4) is 22.8 Å². The number of hydrogen-bond acceptors (Lipinski definition) is 5. The van der Waals surface area contributed by atoms with E-state index in [1.54, 1.807) is 37.5 Å². The SMILES string of the molecule is COc1cc(OC2=CCN(C(=O)O)C=C2)ccc1-c1cccc(N)n1. The first-order valence-electron chi connectivity index (χ1n) is 7.53. The third-order valence-electron chi connectivity index (χ3n) is 3.61. The number of aromatic nitrogens is 1. The van der Waals surface area contributed by atoms with Crippen molar-refractivity contribution in [2.24, 2.45) is 0 Å². The summed E-state index contributed by atoms with van der Waals surface area (Å²) in [6, 6.07) is 10.8. The zero-order chi connectivity index (χ0) is 17.8. The fourth-order valence-corrected chi connectivity index (χ4v) is 2.38. The molecular formula is C18H17N3O4. The second kappa shape index (κ2) is 6.96. The lowest BCUT2D eigenvalue weighted by atomic mass is 10.1. The molecule has 7 heteroatoms. The molecule has 0 bridgehead atoms. The lowest BCUT2D eigenvalue weighted by Gasteiger charge is -2.18. The Morgan fingerprint density at radius 2 is 2.16 bits per heavy atom. The topological polar surface area (TPSA) is 97.9 Å². The molecule has 128 valence electrons. The zero-order valence-corrected chi connectivity index (χ0v) is 13.5. The van der Waals surface area contributed by atoms with E-state index in [4.69, 9.17) is 20.3 Å². The minimum Gasteiger partial charge on any atom is -0.496 e. The van der Waals surface area contributed by atoms with E-state index >= 15 is 0 Å². The summed E-state index contributed by atoms with van der Waals surface area (Å²) in [7, 11) is 1.57. The average Bonchev–Trinajstić information content (AvgIpc) is 2.62. The van der Waals surface area contributed by atoms with E-state index in [2.05, 4.69) is 4.98 Å². The molecule has 1 aromatic carbocycles. The van der Waals surface area contributed by atoms with Crippen molar-refractivity contribution in [1.82, 2.24) is 9.88 Å². The number of anilines is 1. The van der Waals surface area contributed by atoms with Gasteiger partial charge in [0.25, 0.3) is 0 Å². The third kappa shape index (κ3) is 3.72. The van der Waals surface area contributed by atoms with Crippen LogP contribution in [0.25, 0.3) is 11.3 Å². The Morgan fingerprint density at radius 1 is 1.32 bits per heavy atom. The Bertz CT molecular complexity index is 861. The summed E-state index contributed by atoms with van der Waals surface area (Å²) < 4.78 is 11.2. The van der Waals surface area contributed by atoms with Crippen LogP contribution in [0.15, 0.2) is 60.5 Å². The molecule has 0 saturated heterocycles. The number of carboxylic acid groups (broad SMARTS) is 1. The summed E-state index contributed by atoms with van der Waals surface area (Å²) in [6.45, 7) is 0.240. The van der Waals surface area contributed by atoms with E-state index in [1.165, 1.54) is 6.20 Å². The van der Waals surface area contributed by atoms with Crippen molar-refractivity contribution >= 4 is 11.9 Å². The summed E-state index contributed by atoms with van der Waals surface area (Å²) in [5, 5.41) is 8.91. The maximum atomic E-state index is 10.9.